The first kappa shape index (κ1) is 17.8. The van der Waals surface area contributed by atoms with Crippen LogP contribution in [0.5, 0.6) is 0 Å². The molecule has 0 spiro atoms. The Bertz CT molecular complexity index is 994. The Kier molecular flexibility index (Phi) is 4.78. The SMILES string of the molecule is Cc1c(CC#N)ncn1C(c1ccccc1)(c1ccccc1)c1ccccc1. The number of hydrogen-bond donors (Lipinski definition) is 0. The summed E-state index contributed by atoms with van der Waals surface area (Å²) in [4.78, 5) is 4.59. The van der Waals surface area contributed by atoms with Gasteiger partial charge >= 0.3 is 0 Å². The van der Waals surface area contributed by atoms with Crippen LogP contribution in [0.1, 0.15) is 28.1 Å². The number of nitriles is 1. The molecule has 0 aliphatic carbocycles. The summed E-state index contributed by atoms with van der Waals surface area (Å²) in [6, 6.07) is 33.7. The number of hydrogen-bond acceptors (Lipinski definition) is 2. The Morgan fingerprint density at radius 1 is 0.786 bits per heavy atom. The van der Waals surface area contributed by atoms with E-state index in [1.807, 2.05) is 31.5 Å². The van der Waals surface area contributed by atoms with Gasteiger partial charge in [-0.25, -0.2) is 4.98 Å². The molecule has 0 N–H and O–H groups in total. The van der Waals surface area contributed by atoms with Crippen LogP contribution in [0.15, 0.2) is 97.3 Å². The Morgan fingerprint density at radius 3 is 1.61 bits per heavy atom. The number of benzene rings is 3. The van der Waals surface area contributed by atoms with Gasteiger partial charge in [-0.3, -0.25) is 0 Å². The number of rotatable bonds is 5. The summed E-state index contributed by atoms with van der Waals surface area (Å²) in [6.07, 6.45) is 2.17. The van der Waals surface area contributed by atoms with E-state index in [-0.39, 0.29) is 0 Å². The van der Waals surface area contributed by atoms with E-state index in [1.165, 1.54) is 0 Å². The molecule has 0 fully saturated rings. The molecule has 4 rings (SSSR count). The van der Waals surface area contributed by atoms with Crippen LogP contribution in [0.25, 0.3) is 0 Å². The third-order valence-corrected chi connectivity index (χ3v) is 5.29. The molecule has 0 saturated carbocycles. The van der Waals surface area contributed by atoms with Crippen LogP contribution in [0.4, 0.5) is 0 Å². The molecular weight excluding hydrogens is 342 g/mol. The number of aromatic nitrogens is 2. The quantitative estimate of drug-likeness (QED) is 0.463. The maximum absolute atomic E-state index is 9.21. The average Bonchev–Trinajstić information content (AvgIpc) is 3.12. The van der Waals surface area contributed by atoms with Crippen molar-refractivity contribution in [2.45, 2.75) is 18.9 Å². The highest BCUT2D eigenvalue weighted by Crippen LogP contribution is 2.41. The van der Waals surface area contributed by atoms with Crippen LogP contribution in [0.3, 0.4) is 0 Å². The molecule has 4 aromatic rings. The Balaban J connectivity index is 2.13. The van der Waals surface area contributed by atoms with Crippen LogP contribution in [0.2, 0.25) is 0 Å². The molecule has 28 heavy (non-hydrogen) atoms. The maximum atomic E-state index is 9.21. The van der Waals surface area contributed by atoms with Crippen molar-refractivity contribution in [3.05, 3.63) is 125 Å². The van der Waals surface area contributed by atoms with E-state index in [9.17, 15) is 5.26 Å². The minimum atomic E-state index is -0.575. The fraction of sp³-hybridized carbons (Fsp3) is 0.120. The van der Waals surface area contributed by atoms with Gasteiger partial charge in [0.1, 0.15) is 5.54 Å². The largest absolute Gasteiger partial charge is 0.316 e. The molecule has 0 amide bonds. The molecule has 0 aliphatic heterocycles. The lowest BCUT2D eigenvalue weighted by molar-refractivity contribution is 0.503. The van der Waals surface area contributed by atoms with Crippen LogP contribution in [0, 0.1) is 18.3 Å². The minimum Gasteiger partial charge on any atom is -0.316 e. The second-order valence-electron chi connectivity index (χ2n) is 6.79. The van der Waals surface area contributed by atoms with Crippen LogP contribution >= 0.6 is 0 Å². The van der Waals surface area contributed by atoms with Crippen molar-refractivity contribution in [2.75, 3.05) is 0 Å². The molecular formula is C25H21N3. The van der Waals surface area contributed by atoms with Crippen LogP contribution in [-0.4, -0.2) is 9.55 Å². The summed E-state index contributed by atoms with van der Waals surface area (Å²) >= 11 is 0. The number of imidazole rings is 1. The van der Waals surface area contributed by atoms with Crippen molar-refractivity contribution in [1.82, 2.24) is 9.55 Å². The van der Waals surface area contributed by atoms with E-state index >= 15 is 0 Å². The second-order valence-corrected chi connectivity index (χ2v) is 6.79. The predicted molar refractivity (Wildman–Crippen MR) is 111 cm³/mol. The molecule has 136 valence electrons. The number of nitrogens with zero attached hydrogens (tertiary/aromatic N) is 3. The second kappa shape index (κ2) is 7.54. The summed E-state index contributed by atoms with van der Waals surface area (Å²) in [5, 5.41) is 9.21. The average molecular weight is 363 g/mol. The summed E-state index contributed by atoms with van der Waals surface area (Å²) < 4.78 is 2.21. The molecule has 0 unspecified atom stereocenters. The summed E-state index contributed by atoms with van der Waals surface area (Å²) in [6.45, 7) is 2.04. The third kappa shape index (κ3) is 2.80. The molecule has 3 aromatic carbocycles. The molecule has 0 atom stereocenters. The lowest BCUT2D eigenvalue weighted by Gasteiger charge is -2.38. The molecule has 0 aliphatic rings. The Morgan fingerprint density at radius 2 is 1.21 bits per heavy atom. The van der Waals surface area contributed by atoms with Gasteiger partial charge in [0.05, 0.1) is 24.5 Å². The molecule has 0 bridgehead atoms. The van der Waals surface area contributed by atoms with Crippen molar-refractivity contribution in [3.8, 4) is 6.07 Å². The van der Waals surface area contributed by atoms with Crippen molar-refractivity contribution in [1.29, 1.82) is 5.26 Å². The maximum Gasteiger partial charge on any atom is 0.121 e. The van der Waals surface area contributed by atoms with Gasteiger partial charge in [0.15, 0.2) is 0 Å². The van der Waals surface area contributed by atoms with E-state index in [4.69, 9.17) is 0 Å². The predicted octanol–water partition coefficient (Wildman–Crippen LogP) is 5.10. The zero-order valence-corrected chi connectivity index (χ0v) is 15.8. The van der Waals surface area contributed by atoms with Crippen molar-refractivity contribution < 1.29 is 0 Å². The van der Waals surface area contributed by atoms with E-state index in [0.717, 1.165) is 28.1 Å². The Labute approximate surface area is 165 Å². The highest BCUT2D eigenvalue weighted by molar-refractivity contribution is 5.51. The van der Waals surface area contributed by atoms with Crippen molar-refractivity contribution in [3.63, 3.8) is 0 Å². The van der Waals surface area contributed by atoms with Crippen molar-refractivity contribution >= 4 is 0 Å². The van der Waals surface area contributed by atoms with Gasteiger partial charge in [0.2, 0.25) is 0 Å². The van der Waals surface area contributed by atoms with Crippen LogP contribution < -0.4 is 0 Å². The lowest BCUT2D eigenvalue weighted by atomic mass is 9.76. The first-order chi connectivity index (χ1) is 13.8. The van der Waals surface area contributed by atoms with Gasteiger partial charge in [0.25, 0.3) is 0 Å². The zero-order chi connectivity index (χ0) is 19.4. The van der Waals surface area contributed by atoms with Gasteiger partial charge in [-0.15, -0.1) is 0 Å². The molecule has 3 heteroatoms. The monoisotopic (exact) mass is 363 g/mol. The summed E-state index contributed by atoms with van der Waals surface area (Å²) in [5.74, 6) is 0. The molecule has 1 aromatic heterocycles. The molecule has 0 radical (unpaired) electrons. The van der Waals surface area contributed by atoms with Crippen molar-refractivity contribution in [2.24, 2.45) is 0 Å². The topological polar surface area (TPSA) is 41.6 Å². The zero-order valence-electron chi connectivity index (χ0n) is 15.8. The fourth-order valence-electron chi connectivity index (χ4n) is 3.99. The first-order valence-corrected chi connectivity index (χ1v) is 9.35. The normalized spacial score (nSPS) is 11.1. The molecule has 1 heterocycles. The first-order valence-electron chi connectivity index (χ1n) is 9.35. The van der Waals surface area contributed by atoms with Gasteiger partial charge < -0.3 is 4.57 Å². The molecule has 0 saturated heterocycles. The van der Waals surface area contributed by atoms with Crippen LogP contribution in [-0.2, 0) is 12.0 Å². The minimum absolute atomic E-state index is 0.299. The van der Waals surface area contributed by atoms with E-state index < -0.39 is 5.54 Å². The van der Waals surface area contributed by atoms with Gasteiger partial charge in [0, 0.05) is 5.69 Å². The fourth-order valence-corrected chi connectivity index (χ4v) is 3.99. The standard InChI is InChI=1S/C25H21N3/c1-20-24(17-18-26)27-19-28(20)25(21-11-5-2-6-12-21,22-13-7-3-8-14-22)23-15-9-4-10-16-23/h2-16,19H,17H2,1H3. The van der Waals surface area contributed by atoms with Gasteiger partial charge in [-0.1, -0.05) is 91.0 Å². The highest BCUT2D eigenvalue weighted by Gasteiger charge is 2.39. The Hall–Kier alpha value is -3.64. The van der Waals surface area contributed by atoms with E-state index in [2.05, 4.69) is 88.4 Å². The van der Waals surface area contributed by atoms with Gasteiger partial charge in [-0.2, -0.15) is 5.26 Å². The molecule has 3 nitrogen and oxygen atoms in total. The summed E-state index contributed by atoms with van der Waals surface area (Å²) in [7, 11) is 0. The van der Waals surface area contributed by atoms with Gasteiger partial charge in [-0.05, 0) is 23.6 Å². The highest BCUT2D eigenvalue weighted by atomic mass is 15.1. The smallest absolute Gasteiger partial charge is 0.121 e. The summed E-state index contributed by atoms with van der Waals surface area (Å²) in [5.41, 5.74) is 4.69. The van der Waals surface area contributed by atoms with E-state index in [1.54, 1.807) is 0 Å². The third-order valence-electron chi connectivity index (χ3n) is 5.29. The van der Waals surface area contributed by atoms with E-state index in [0.29, 0.717) is 6.42 Å². The lowest BCUT2D eigenvalue weighted by Crippen LogP contribution is -2.38.